The van der Waals surface area contributed by atoms with E-state index < -0.39 is 17.5 Å². The summed E-state index contributed by atoms with van der Waals surface area (Å²) in [5.74, 6) is -0.756. The molecule has 9 nitrogen and oxygen atoms in total. The van der Waals surface area contributed by atoms with Gasteiger partial charge in [-0.25, -0.2) is 13.8 Å². The highest BCUT2D eigenvalue weighted by atomic mass is 19.1. The van der Waals surface area contributed by atoms with Crippen LogP contribution in [0.4, 0.5) is 20.5 Å². The minimum atomic E-state index is -0.770. The Hall–Kier alpha value is -4.12. The van der Waals surface area contributed by atoms with Gasteiger partial charge < -0.3 is 24.4 Å². The second-order valence-electron chi connectivity index (χ2n) is 9.86. The molecule has 6 rings (SSSR count). The summed E-state index contributed by atoms with van der Waals surface area (Å²) in [5.41, 5.74) is 2.54. The summed E-state index contributed by atoms with van der Waals surface area (Å²) in [6.45, 7) is 3.73. The summed E-state index contributed by atoms with van der Waals surface area (Å²) in [6.07, 6.45) is 3.96. The normalized spacial score (nSPS) is 17.6. The number of fused-ring (bicyclic) bond motifs is 1. The van der Waals surface area contributed by atoms with Crippen molar-refractivity contribution in [3.05, 3.63) is 77.6 Å². The molecule has 4 heterocycles. The Labute approximate surface area is 224 Å². The number of rotatable bonds is 7. The van der Waals surface area contributed by atoms with E-state index in [0.717, 1.165) is 43.2 Å². The molecule has 4 aromatic rings. The summed E-state index contributed by atoms with van der Waals surface area (Å²) < 4.78 is 35.1. The number of halogens is 2. The van der Waals surface area contributed by atoms with Crippen molar-refractivity contribution in [2.75, 3.05) is 49.5 Å². The van der Waals surface area contributed by atoms with Crippen LogP contribution in [0.15, 0.2) is 54.9 Å². The van der Waals surface area contributed by atoms with E-state index >= 15 is 0 Å². The van der Waals surface area contributed by atoms with Gasteiger partial charge in [0.15, 0.2) is 17.0 Å². The molecule has 1 amide bonds. The van der Waals surface area contributed by atoms with Crippen LogP contribution in [0, 0.1) is 11.6 Å². The van der Waals surface area contributed by atoms with Crippen molar-refractivity contribution in [2.45, 2.75) is 25.5 Å². The molecule has 39 heavy (non-hydrogen) atoms. The molecule has 0 spiro atoms. The Balaban J connectivity index is 1.24. The number of nitrogens with one attached hydrogen (secondary N) is 1. The standard InChI is InChI=1S/C28H29F2N7O2/c29-21-13-20(14-22(30)15-21)27(38)35-8-10-36(11-9-35)28-33-25(31-16-23-7-4-12-39-23)24-26(34-28)37(18-32-24)17-19-5-2-1-3-6-19/h1-3,5-6,13-15,18,23H,4,7-12,16-17H2,(H,31,33,34). The monoisotopic (exact) mass is 533 g/mol. The van der Waals surface area contributed by atoms with Crippen LogP contribution in [-0.2, 0) is 11.3 Å². The molecule has 0 saturated carbocycles. The molecular formula is C28H29F2N7O2. The Morgan fingerprint density at radius 1 is 1.03 bits per heavy atom. The van der Waals surface area contributed by atoms with E-state index in [9.17, 15) is 13.6 Å². The molecule has 2 aliphatic heterocycles. The average molecular weight is 534 g/mol. The first-order valence-corrected chi connectivity index (χ1v) is 13.2. The molecule has 0 radical (unpaired) electrons. The Morgan fingerprint density at radius 3 is 2.51 bits per heavy atom. The Morgan fingerprint density at radius 2 is 1.79 bits per heavy atom. The number of imidazole rings is 1. The number of piperazine rings is 1. The van der Waals surface area contributed by atoms with Crippen LogP contribution in [0.2, 0.25) is 0 Å². The van der Waals surface area contributed by atoms with Crippen LogP contribution >= 0.6 is 0 Å². The number of nitrogens with zero attached hydrogens (tertiary/aromatic N) is 6. The van der Waals surface area contributed by atoms with Crippen LogP contribution in [0.1, 0.15) is 28.8 Å². The first-order chi connectivity index (χ1) is 19.0. The topological polar surface area (TPSA) is 88.4 Å². The fraction of sp³-hybridized carbons (Fsp3) is 0.357. The fourth-order valence-electron chi connectivity index (χ4n) is 5.08. The Kier molecular flexibility index (Phi) is 7.06. The summed E-state index contributed by atoms with van der Waals surface area (Å²) in [4.78, 5) is 30.8. The molecule has 1 unspecified atom stereocenters. The van der Waals surface area contributed by atoms with E-state index in [2.05, 4.69) is 22.4 Å². The molecule has 2 aliphatic rings. The lowest BCUT2D eigenvalue weighted by molar-refractivity contribution is 0.0745. The summed E-state index contributed by atoms with van der Waals surface area (Å²) in [5, 5.41) is 3.43. The lowest BCUT2D eigenvalue weighted by Crippen LogP contribution is -2.49. The second-order valence-corrected chi connectivity index (χ2v) is 9.86. The van der Waals surface area contributed by atoms with Gasteiger partial charge in [-0.05, 0) is 30.5 Å². The summed E-state index contributed by atoms with van der Waals surface area (Å²) in [6, 6.07) is 13.0. The number of ether oxygens (including phenoxy) is 1. The SMILES string of the molecule is O=C(c1cc(F)cc(F)c1)N1CCN(c2nc(NCC3CCCO3)c3ncn(Cc4ccccc4)c3n2)CC1. The third kappa shape index (κ3) is 5.53. The van der Waals surface area contributed by atoms with Gasteiger partial charge in [-0.2, -0.15) is 9.97 Å². The summed E-state index contributed by atoms with van der Waals surface area (Å²) >= 11 is 0. The Bertz CT molecular complexity index is 1450. The number of anilines is 2. The number of aromatic nitrogens is 4. The highest BCUT2D eigenvalue weighted by Crippen LogP contribution is 2.25. The van der Waals surface area contributed by atoms with Gasteiger partial charge in [0.25, 0.3) is 5.91 Å². The second kappa shape index (κ2) is 10.9. The maximum Gasteiger partial charge on any atom is 0.254 e. The lowest BCUT2D eigenvalue weighted by Gasteiger charge is -2.35. The van der Waals surface area contributed by atoms with Gasteiger partial charge in [-0.3, -0.25) is 4.79 Å². The largest absolute Gasteiger partial charge is 0.376 e. The molecule has 11 heteroatoms. The highest BCUT2D eigenvalue weighted by Gasteiger charge is 2.26. The zero-order valence-electron chi connectivity index (χ0n) is 21.4. The van der Waals surface area contributed by atoms with Crippen molar-refractivity contribution in [2.24, 2.45) is 0 Å². The van der Waals surface area contributed by atoms with Crippen LogP contribution < -0.4 is 10.2 Å². The third-order valence-corrected chi connectivity index (χ3v) is 7.13. The molecule has 202 valence electrons. The average Bonchev–Trinajstić information content (AvgIpc) is 3.62. The third-order valence-electron chi connectivity index (χ3n) is 7.13. The molecule has 2 fully saturated rings. The van der Waals surface area contributed by atoms with Gasteiger partial charge in [0.05, 0.1) is 19.0 Å². The molecule has 2 saturated heterocycles. The van der Waals surface area contributed by atoms with Gasteiger partial charge in [0, 0.05) is 51.0 Å². The number of carbonyl (C=O) groups excluding carboxylic acids is 1. The number of hydrogen-bond acceptors (Lipinski definition) is 7. The van der Waals surface area contributed by atoms with Gasteiger partial charge in [0.1, 0.15) is 11.6 Å². The van der Waals surface area contributed by atoms with E-state index in [4.69, 9.17) is 14.7 Å². The zero-order valence-corrected chi connectivity index (χ0v) is 21.4. The maximum absolute atomic E-state index is 13.7. The predicted octanol–water partition coefficient (Wildman–Crippen LogP) is 3.71. The van der Waals surface area contributed by atoms with Crippen molar-refractivity contribution in [1.82, 2.24) is 24.4 Å². The van der Waals surface area contributed by atoms with E-state index in [1.165, 1.54) is 0 Å². The number of carbonyl (C=O) groups is 1. The van der Waals surface area contributed by atoms with E-state index in [1.54, 1.807) is 11.2 Å². The quantitative estimate of drug-likeness (QED) is 0.388. The molecule has 2 aromatic carbocycles. The van der Waals surface area contributed by atoms with Crippen molar-refractivity contribution >= 4 is 28.8 Å². The number of amides is 1. The molecular weight excluding hydrogens is 504 g/mol. The minimum Gasteiger partial charge on any atom is -0.376 e. The molecule has 0 aliphatic carbocycles. The van der Waals surface area contributed by atoms with Gasteiger partial charge in [0.2, 0.25) is 5.95 Å². The van der Waals surface area contributed by atoms with Crippen molar-refractivity contribution in [3.63, 3.8) is 0 Å². The first kappa shape index (κ1) is 25.2. The van der Waals surface area contributed by atoms with E-state index in [-0.39, 0.29) is 11.7 Å². The van der Waals surface area contributed by atoms with Gasteiger partial charge in [-0.15, -0.1) is 0 Å². The number of hydrogen-bond donors (Lipinski definition) is 1. The van der Waals surface area contributed by atoms with Crippen LogP contribution in [0.5, 0.6) is 0 Å². The maximum atomic E-state index is 13.7. The van der Waals surface area contributed by atoms with Crippen molar-refractivity contribution < 1.29 is 18.3 Å². The molecule has 0 bridgehead atoms. The predicted molar refractivity (Wildman–Crippen MR) is 143 cm³/mol. The van der Waals surface area contributed by atoms with Crippen LogP contribution in [0.3, 0.4) is 0 Å². The first-order valence-electron chi connectivity index (χ1n) is 13.2. The van der Waals surface area contributed by atoms with Crippen LogP contribution in [-0.4, -0.2) is 75.8 Å². The van der Waals surface area contributed by atoms with E-state index in [1.807, 2.05) is 27.7 Å². The smallest absolute Gasteiger partial charge is 0.254 e. The molecule has 1 N–H and O–H groups in total. The van der Waals surface area contributed by atoms with Gasteiger partial charge >= 0.3 is 0 Å². The van der Waals surface area contributed by atoms with Gasteiger partial charge in [-0.1, -0.05) is 30.3 Å². The van der Waals surface area contributed by atoms with Crippen molar-refractivity contribution in [1.29, 1.82) is 0 Å². The summed E-state index contributed by atoms with van der Waals surface area (Å²) in [7, 11) is 0. The molecule has 1 atom stereocenters. The van der Waals surface area contributed by atoms with Crippen molar-refractivity contribution in [3.8, 4) is 0 Å². The fourth-order valence-corrected chi connectivity index (χ4v) is 5.08. The van der Waals surface area contributed by atoms with Crippen LogP contribution in [0.25, 0.3) is 11.2 Å². The minimum absolute atomic E-state index is 0.00375. The zero-order chi connectivity index (χ0) is 26.8. The lowest BCUT2D eigenvalue weighted by atomic mass is 10.1. The highest BCUT2D eigenvalue weighted by molar-refractivity contribution is 5.94. The number of benzene rings is 2. The van der Waals surface area contributed by atoms with E-state index in [0.29, 0.717) is 62.2 Å². The molecule has 2 aromatic heterocycles.